The van der Waals surface area contributed by atoms with E-state index in [-0.39, 0.29) is 39.4 Å². The lowest BCUT2D eigenvalue weighted by molar-refractivity contribution is -0.115. The van der Waals surface area contributed by atoms with Crippen LogP contribution in [-0.2, 0) is 4.79 Å². The molecule has 0 saturated heterocycles. The van der Waals surface area contributed by atoms with Crippen molar-refractivity contribution >= 4 is 39.1 Å². The molecule has 0 bridgehead atoms. The lowest BCUT2D eigenvalue weighted by Gasteiger charge is -2.15. The molecule has 1 aromatic carbocycles. The van der Waals surface area contributed by atoms with Gasteiger partial charge in [0, 0.05) is 11.1 Å². The smallest absolute Gasteiger partial charge is 0.387 e. The lowest BCUT2D eigenvalue weighted by atomic mass is 10.3. The van der Waals surface area contributed by atoms with Crippen LogP contribution < -0.4 is 15.4 Å². The molecule has 112 valence electrons. The first-order valence-electron chi connectivity index (χ1n) is 5.76. The summed E-state index contributed by atoms with van der Waals surface area (Å²) in [5, 5.41) is 5.67. The molecule has 0 fully saturated rings. The van der Waals surface area contributed by atoms with Gasteiger partial charge < -0.3 is 15.4 Å². The Labute approximate surface area is 128 Å². The second kappa shape index (κ2) is 7.75. The van der Waals surface area contributed by atoms with Crippen LogP contribution in [0.25, 0.3) is 0 Å². The van der Waals surface area contributed by atoms with Gasteiger partial charge in [0.15, 0.2) is 5.75 Å². The highest BCUT2D eigenvalue weighted by molar-refractivity contribution is 9.10. The molecule has 0 radical (unpaired) electrons. The summed E-state index contributed by atoms with van der Waals surface area (Å²) in [6.07, 6.45) is 0. The molecule has 0 aliphatic heterocycles. The molecule has 0 unspecified atom stereocenters. The van der Waals surface area contributed by atoms with Crippen LogP contribution in [0.1, 0.15) is 13.8 Å². The van der Waals surface area contributed by atoms with Crippen LogP contribution in [-0.4, -0.2) is 25.1 Å². The molecule has 0 aromatic heterocycles. The minimum absolute atomic E-state index is 0.0515. The highest BCUT2D eigenvalue weighted by Gasteiger charge is 2.16. The van der Waals surface area contributed by atoms with Crippen molar-refractivity contribution in [2.75, 3.05) is 11.9 Å². The van der Waals surface area contributed by atoms with Gasteiger partial charge in [-0.2, -0.15) is 8.78 Å². The van der Waals surface area contributed by atoms with E-state index in [0.29, 0.717) is 0 Å². The molecule has 0 aliphatic rings. The van der Waals surface area contributed by atoms with E-state index in [0.717, 1.165) is 0 Å². The van der Waals surface area contributed by atoms with E-state index in [1.807, 2.05) is 13.8 Å². The minimum atomic E-state index is -3.00. The number of carbonyl (C=O) groups is 1. The van der Waals surface area contributed by atoms with Crippen LogP contribution in [0.4, 0.5) is 14.5 Å². The largest absolute Gasteiger partial charge is 0.431 e. The Balaban J connectivity index is 2.89. The number of anilines is 1. The van der Waals surface area contributed by atoms with Crippen molar-refractivity contribution in [1.29, 1.82) is 0 Å². The first kappa shape index (κ1) is 17.1. The van der Waals surface area contributed by atoms with Gasteiger partial charge >= 0.3 is 6.61 Å². The monoisotopic (exact) mass is 370 g/mol. The Hall–Kier alpha value is -0.920. The fourth-order valence-corrected chi connectivity index (χ4v) is 2.26. The van der Waals surface area contributed by atoms with E-state index < -0.39 is 6.61 Å². The van der Waals surface area contributed by atoms with Gasteiger partial charge in [-0.1, -0.05) is 25.4 Å². The molecule has 0 atom stereocenters. The summed E-state index contributed by atoms with van der Waals surface area (Å²) in [7, 11) is 0. The summed E-state index contributed by atoms with van der Waals surface area (Å²) in [4.78, 5) is 11.7. The van der Waals surface area contributed by atoms with Gasteiger partial charge in [-0.3, -0.25) is 4.79 Å². The predicted octanol–water partition coefficient (Wildman–Crippen LogP) is 3.64. The lowest BCUT2D eigenvalue weighted by Crippen LogP contribution is -2.32. The van der Waals surface area contributed by atoms with Gasteiger partial charge in [0.1, 0.15) is 0 Å². The van der Waals surface area contributed by atoms with Gasteiger partial charge in [0.2, 0.25) is 5.91 Å². The number of rotatable bonds is 6. The van der Waals surface area contributed by atoms with Crippen molar-refractivity contribution in [3.8, 4) is 5.75 Å². The molecular formula is C12H14BrClF2N2O2. The number of ether oxygens (including phenoxy) is 1. The van der Waals surface area contributed by atoms with E-state index in [9.17, 15) is 13.6 Å². The topological polar surface area (TPSA) is 50.4 Å². The van der Waals surface area contributed by atoms with Crippen LogP contribution in [0, 0.1) is 0 Å². The van der Waals surface area contributed by atoms with Crippen molar-refractivity contribution in [1.82, 2.24) is 5.32 Å². The van der Waals surface area contributed by atoms with Gasteiger partial charge in [0.05, 0.1) is 16.7 Å². The molecule has 1 rings (SSSR count). The van der Waals surface area contributed by atoms with Crippen LogP contribution >= 0.6 is 27.5 Å². The molecule has 20 heavy (non-hydrogen) atoms. The minimum Gasteiger partial charge on any atom is -0.431 e. The molecule has 1 aromatic rings. The summed E-state index contributed by atoms with van der Waals surface area (Å²) >= 11 is 8.90. The molecule has 1 amide bonds. The van der Waals surface area contributed by atoms with Gasteiger partial charge in [-0.05, 0) is 28.1 Å². The number of hydrogen-bond acceptors (Lipinski definition) is 3. The molecule has 0 heterocycles. The third-order valence-electron chi connectivity index (χ3n) is 2.16. The molecular weight excluding hydrogens is 357 g/mol. The maximum Gasteiger partial charge on any atom is 0.387 e. The maximum absolute atomic E-state index is 12.4. The summed E-state index contributed by atoms with van der Waals surface area (Å²) in [5.41, 5.74) is 0.0835. The number of amides is 1. The van der Waals surface area contributed by atoms with E-state index in [2.05, 4.69) is 31.3 Å². The van der Waals surface area contributed by atoms with Gasteiger partial charge in [-0.25, -0.2) is 0 Å². The zero-order chi connectivity index (χ0) is 15.3. The summed E-state index contributed by atoms with van der Waals surface area (Å²) < 4.78 is 29.4. The maximum atomic E-state index is 12.4. The molecule has 0 spiro atoms. The summed E-state index contributed by atoms with van der Waals surface area (Å²) in [6, 6.07) is 2.88. The summed E-state index contributed by atoms with van der Waals surface area (Å²) in [5.74, 6) is -0.547. The zero-order valence-corrected chi connectivity index (χ0v) is 13.2. The highest BCUT2D eigenvalue weighted by atomic mass is 79.9. The molecule has 0 saturated carbocycles. The second-order valence-electron chi connectivity index (χ2n) is 4.23. The third-order valence-corrected chi connectivity index (χ3v) is 2.97. The predicted molar refractivity (Wildman–Crippen MR) is 77.6 cm³/mol. The van der Waals surface area contributed by atoms with Crippen LogP contribution in [0.5, 0.6) is 5.75 Å². The number of benzene rings is 1. The van der Waals surface area contributed by atoms with Crippen LogP contribution in [0.15, 0.2) is 16.6 Å². The fourth-order valence-electron chi connectivity index (χ4n) is 1.35. The Morgan fingerprint density at radius 3 is 2.65 bits per heavy atom. The average molecular weight is 372 g/mol. The van der Waals surface area contributed by atoms with Crippen LogP contribution in [0.2, 0.25) is 5.02 Å². The number of carbonyl (C=O) groups excluding carboxylic acids is 1. The number of nitrogens with one attached hydrogen (secondary N) is 2. The van der Waals surface area contributed by atoms with Gasteiger partial charge in [0.25, 0.3) is 0 Å². The Bertz CT molecular complexity index is 487. The van der Waals surface area contributed by atoms with Crippen molar-refractivity contribution in [2.45, 2.75) is 26.5 Å². The zero-order valence-electron chi connectivity index (χ0n) is 10.8. The fraction of sp³-hybridized carbons (Fsp3) is 0.417. The highest BCUT2D eigenvalue weighted by Crippen LogP contribution is 2.37. The average Bonchev–Trinajstić information content (AvgIpc) is 2.30. The molecule has 4 nitrogen and oxygen atoms in total. The Morgan fingerprint density at radius 1 is 1.45 bits per heavy atom. The molecule has 2 N–H and O–H groups in total. The second-order valence-corrected chi connectivity index (χ2v) is 5.52. The van der Waals surface area contributed by atoms with Crippen molar-refractivity contribution < 1.29 is 18.3 Å². The quantitative estimate of drug-likeness (QED) is 0.803. The first-order chi connectivity index (χ1) is 9.29. The normalized spacial score (nSPS) is 11.0. The van der Waals surface area contributed by atoms with Crippen molar-refractivity contribution in [3.05, 3.63) is 21.6 Å². The Kier molecular flexibility index (Phi) is 6.64. The number of hydrogen-bond donors (Lipinski definition) is 2. The van der Waals surface area contributed by atoms with Crippen molar-refractivity contribution in [2.24, 2.45) is 0 Å². The van der Waals surface area contributed by atoms with E-state index in [1.54, 1.807) is 0 Å². The summed E-state index contributed by atoms with van der Waals surface area (Å²) in [6.45, 7) is 0.816. The SMILES string of the molecule is CC(C)NCC(=O)Nc1cc(Cl)cc(Br)c1OC(F)F. The Morgan fingerprint density at radius 2 is 2.10 bits per heavy atom. The van der Waals surface area contributed by atoms with Crippen molar-refractivity contribution in [3.63, 3.8) is 0 Å². The van der Waals surface area contributed by atoms with E-state index in [4.69, 9.17) is 11.6 Å². The van der Waals surface area contributed by atoms with E-state index >= 15 is 0 Å². The van der Waals surface area contributed by atoms with Crippen LogP contribution in [0.3, 0.4) is 0 Å². The van der Waals surface area contributed by atoms with Gasteiger partial charge in [-0.15, -0.1) is 0 Å². The third kappa shape index (κ3) is 5.60. The molecule has 8 heteroatoms. The first-order valence-corrected chi connectivity index (χ1v) is 6.93. The number of alkyl halides is 2. The van der Waals surface area contributed by atoms with E-state index in [1.165, 1.54) is 12.1 Å². The molecule has 0 aliphatic carbocycles. The standard InChI is InChI=1S/C12H14BrClF2N2O2/c1-6(2)17-5-10(19)18-9-4-7(14)3-8(13)11(9)20-12(15)16/h3-4,6,12,17H,5H2,1-2H3,(H,18,19). The number of halogens is 4.